The molecular formula is C9H9BrF2. The fourth-order valence-electron chi connectivity index (χ4n) is 0.950. The second-order valence-electron chi connectivity index (χ2n) is 2.71. The van der Waals surface area contributed by atoms with Crippen LogP contribution in [-0.2, 0) is 5.92 Å². The van der Waals surface area contributed by atoms with Crippen LogP contribution in [0.1, 0.15) is 11.1 Å². The molecule has 1 rings (SSSR count). The topological polar surface area (TPSA) is 0 Å². The number of benzene rings is 1. The molecule has 0 aromatic heterocycles. The third-order valence-electron chi connectivity index (χ3n) is 1.61. The van der Waals surface area contributed by atoms with E-state index in [1.165, 1.54) is 12.1 Å². The van der Waals surface area contributed by atoms with Gasteiger partial charge in [0.2, 0.25) is 0 Å². The fraction of sp³-hybridized carbons (Fsp3) is 0.333. The molecule has 0 bridgehead atoms. The van der Waals surface area contributed by atoms with E-state index in [9.17, 15) is 8.78 Å². The van der Waals surface area contributed by atoms with Gasteiger partial charge in [-0.15, -0.1) is 0 Å². The van der Waals surface area contributed by atoms with Crippen LogP contribution in [0.4, 0.5) is 8.78 Å². The highest BCUT2D eigenvalue weighted by molar-refractivity contribution is 9.09. The van der Waals surface area contributed by atoms with E-state index in [0.29, 0.717) is 0 Å². The molecule has 0 aliphatic heterocycles. The first-order valence-corrected chi connectivity index (χ1v) is 4.69. The summed E-state index contributed by atoms with van der Waals surface area (Å²) in [5.41, 5.74) is 0.924. The Labute approximate surface area is 78.7 Å². The van der Waals surface area contributed by atoms with E-state index in [1.54, 1.807) is 19.1 Å². The van der Waals surface area contributed by atoms with E-state index in [0.717, 1.165) is 5.56 Å². The molecule has 0 atom stereocenters. The van der Waals surface area contributed by atoms with Gasteiger partial charge in [0, 0.05) is 5.56 Å². The lowest BCUT2D eigenvalue weighted by Crippen LogP contribution is -2.14. The van der Waals surface area contributed by atoms with Gasteiger partial charge in [0.05, 0.1) is 5.33 Å². The largest absolute Gasteiger partial charge is 0.282 e. The average Bonchev–Trinajstić information content (AvgIpc) is 2.05. The molecule has 0 saturated heterocycles. The van der Waals surface area contributed by atoms with E-state index >= 15 is 0 Å². The van der Waals surface area contributed by atoms with E-state index in [1.807, 2.05) is 0 Å². The van der Waals surface area contributed by atoms with Crippen LogP contribution < -0.4 is 0 Å². The van der Waals surface area contributed by atoms with Crippen molar-refractivity contribution in [2.24, 2.45) is 0 Å². The van der Waals surface area contributed by atoms with Gasteiger partial charge in [0.15, 0.2) is 0 Å². The number of hydrogen-bond donors (Lipinski definition) is 0. The van der Waals surface area contributed by atoms with Gasteiger partial charge in [-0.3, -0.25) is 0 Å². The normalized spacial score (nSPS) is 11.7. The highest BCUT2D eigenvalue weighted by Gasteiger charge is 2.29. The summed E-state index contributed by atoms with van der Waals surface area (Å²) in [6.07, 6.45) is 0. The minimum Gasteiger partial charge on any atom is -0.200 e. The molecule has 0 unspecified atom stereocenters. The Bertz CT molecular complexity index is 271. The Kier molecular flexibility index (Phi) is 2.83. The van der Waals surface area contributed by atoms with Gasteiger partial charge in [0.25, 0.3) is 5.92 Å². The summed E-state index contributed by atoms with van der Waals surface area (Å²) in [5.74, 6) is -2.76. The summed E-state index contributed by atoms with van der Waals surface area (Å²) in [7, 11) is 0. The van der Waals surface area contributed by atoms with Gasteiger partial charge in [-0.2, -0.15) is 0 Å². The molecule has 0 fully saturated rings. The molecule has 0 N–H and O–H groups in total. The molecule has 66 valence electrons. The molecule has 0 aliphatic carbocycles. The highest BCUT2D eigenvalue weighted by atomic mass is 79.9. The van der Waals surface area contributed by atoms with Crippen LogP contribution in [0.5, 0.6) is 0 Å². The number of alkyl halides is 3. The minimum absolute atomic E-state index is 0.0689. The van der Waals surface area contributed by atoms with Crippen LogP contribution in [-0.4, -0.2) is 5.33 Å². The van der Waals surface area contributed by atoms with Crippen molar-refractivity contribution in [1.82, 2.24) is 0 Å². The number of rotatable bonds is 2. The van der Waals surface area contributed by atoms with Crippen LogP contribution in [0.25, 0.3) is 0 Å². The van der Waals surface area contributed by atoms with Crippen molar-refractivity contribution in [1.29, 1.82) is 0 Å². The molecule has 1 aromatic rings. The van der Waals surface area contributed by atoms with Crippen LogP contribution in [0.3, 0.4) is 0 Å². The maximum absolute atomic E-state index is 13.0. The predicted molar refractivity (Wildman–Crippen MR) is 48.9 cm³/mol. The predicted octanol–water partition coefficient (Wildman–Crippen LogP) is 3.48. The molecule has 0 nitrogen and oxygen atoms in total. The maximum Gasteiger partial charge on any atom is 0.282 e. The third-order valence-corrected chi connectivity index (χ3v) is 2.31. The van der Waals surface area contributed by atoms with Gasteiger partial charge < -0.3 is 0 Å². The molecule has 0 amide bonds. The van der Waals surface area contributed by atoms with Crippen LogP contribution >= 0.6 is 15.9 Å². The minimum atomic E-state index is -2.76. The summed E-state index contributed by atoms with van der Waals surface area (Å²) >= 11 is 2.78. The van der Waals surface area contributed by atoms with Gasteiger partial charge in [-0.25, -0.2) is 8.78 Å². The summed E-state index contributed by atoms with van der Waals surface area (Å²) in [6, 6.07) is 6.38. The molecule has 0 heterocycles. The van der Waals surface area contributed by atoms with Crippen LogP contribution in [0.2, 0.25) is 0 Å². The SMILES string of the molecule is Cc1cccc(C(F)(F)CBr)c1. The molecule has 0 spiro atoms. The number of halogens is 3. The number of hydrogen-bond acceptors (Lipinski definition) is 0. The first kappa shape index (κ1) is 9.65. The van der Waals surface area contributed by atoms with Gasteiger partial charge >= 0.3 is 0 Å². The zero-order chi connectivity index (χ0) is 9.19. The molecule has 3 heteroatoms. The Balaban J connectivity index is 3.03. The Morgan fingerprint density at radius 3 is 2.58 bits per heavy atom. The molecule has 12 heavy (non-hydrogen) atoms. The van der Waals surface area contributed by atoms with Crippen molar-refractivity contribution < 1.29 is 8.78 Å². The van der Waals surface area contributed by atoms with Crippen molar-refractivity contribution >= 4 is 15.9 Å². The Morgan fingerprint density at radius 2 is 2.08 bits per heavy atom. The van der Waals surface area contributed by atoms with Gasteiger partial charge in [-0.05, 0) is 6.92 Å². The zero-order valence-electron chi connectivity index (χ0n) is 6.65. The lowest BCUT2D eigenvalue weighted by molar-refractivity contribution is 0.0245. The van der Waals surface area contributed by atoms with E-state index < -0.39 is 5.92 Å². The molecule has 0 radical (unpaired) electrons. The van der Waals surface area contributed by atoms with Gasteiger partial charge in [0.1, 0.15) is 0 Å². The standard InChI is InChI=1S/C9H9BrF2/c1-7-3-2-4-8(5-7)9(11,12)6-10/h2-5H,6H2,1H3. The second kappa shape index (κ2) is 3.52. The maximum atomic E-state index is 13.0. The highest BCUT2D eigenvalue weighted by Crippen LogP contribution is 2.29. The van der Waals surface area contributed by atoms with Crippen molar-refractivity contribution in [2.45, 2.75) is 12.8 Å². The first-order valence-electron chi connectivity index (χ1n) is 3.57. The second-order valence-corrected chi connectivity index (χ2v) is 3.27. The van der Waals surface area contributed by atoms with E-state index in [-0.39, 0.29) is 10.9 Å². The monoisotopic (exact) mass is 234 g/mol. The Hall–Kier alpha value is -0.440. The van der Waals surface area contributed by atoms with Crippen molar-refractivity contribution in [2.75, 3.05) is 5.33 Å². The first-order chi connectivity index (χ1) is 5.56. The smallest absolute Gasteiger partial charge is 0.200 e. The quantitative estimate of drug-likeness (QED) is 0.688. The molecule has 0 aliphatic rings. The van der Waals surface area contributed by atoms with Crippen molar-refractivity contribution in [3.8, 4) is 0 Å². The molecule has 1 aromatic carbocycles. The molecular weight excluding hydrogens is 226 g/mol. The third kappa shape index (κ3) is 2.03. The van der Waals surface area contributed by atoms with Crippen molar-refractivity contribution in [3.05, 3.63) is 35.4 Å². The van der Waals surface area contributed by atoms with E-state index in [4.69, 9.17) is 0 Å². The summed E-state index contributed by atoms with van der Waals surface area (Å²) < 4.78 is 26.0. The summed E-state index contributed by atoms with van der Waals surface area (Å²) in [4.78, 5) is 0. The average molecular weight is 235 g/mol. The lowest BCUT2D eigenvalue weighted by Gasteiger charge is -2.13. The molecule has 0 saturated carbocycles. The fourth-order valence-corrected chi connectivity index (χ4v) is 1.27. The number of aryl methyl sites for hydroxylation is 1. The Morgan fingerprint density at radius 1 is 1.42 bits per heavy atom. The summed E-state index contributed by atoms with van der Waals surface area (Å²) in [6.45, 7) is 1.80. The van der Waals surface area contributed by atoms with Crippen molar-refractivity contribution in [3.63, 3.8) is 0 Å². The van der Waals surface area contributed by atoms with Gasteiger partial charge in [-0.1, -0.05) is 45.8 Å². The summed E-state index contributed by atoms with van der Waals surface area (Å²) in [5, 5.41) is -0.330. The van der Waals surface area contributed by atoms with Crippen LogP contribution in [0.15, 0.2) is 24.3 Å². The van der Waals surface area contributed by atoms with Crippen LogP contribution in [0, 0.1) is 6.92 Å². The van der Waals surface area contributed by atoms with E-state index in [2.05, 4.69) is 15.9 Å². The zero-order valence-corrected chi connectivity index (χ0v) is 8.24. The lowest BCUT2D eigenvalue weighted by atomic mass is 10.1.